The number of H-pyrrole nitrogens is 1. The van der Waals surface area contributed by atoms with Gasteiger partial charge in [-0.25, -0.2) is 9.78 Å². The first-order valence-corrected chi connectivity index (χ1v) is 11.4. The maximum absolute atomic E-state index is 12.0. The number of aliphatic hydroxyl groups is 3. The third-order valence-corrected chi connectivity index (χ3v) is 7.06. The zero-order valence-corrected chi connectivity index (χ0v) is 18.0. The lowest BCUT2D eigenvalue weighted by atomic mass is 10.0. The summed E-state index contributed by atoms with van der Waals surface area (Å²) in [5.41, 5.74) is 0.101. The number of Topliss-reactive ketones (excluding diaryl/α,β-unsaturated/α-hetero) is 1. The topological polar surface area (TPSA) is 177 Å². The Bertz CT molecular complexity index is 805. The highest BCUT2D eigenvalue weighted by Crippen LogP contribution is 2.33. The quantitative estimate of drug-likeness (QED) is 0.129. The van der Waals surface area contributed by atoms with Crippen molar-refractivity contribution in [1.29, 1.82) is 0 Å². The second-order valence-corrected chi connectivity index (χ2v) is 9.19. The van der Waals surface area contributed by atoms with E-state index in [1.165, 1.54) is 13.1 Å². The first kappa shape index (κ1) is 23.5. The molecule has 3 amide bonds. The Labute approximate surface area is 183 Å². The van der Waals surface area contributed by atoms with Gasteiger partial charge in [-0.2, -0.15) is 11.8 Å². The zero-order valence-electron chi connectivity index (χ0n) is 17.2. The standard InChI is InChI=1S/C19H29N5O6S/c1-9(25)18-21-6-10(22-18)16(28)17(29)12(26)7-20-14(27)5-3-2-4-13-15-11(8-31-13)23-19(30)24-15/h6,11-13,15-17,26,28-29H,2-5,7-8H2,1H3,(H,20,27)(H,21,22)(H2,23,24,30)/t11?,12-,13?,15?,16-,17-/m1/s1. The molecule has 172 valence electrons. The summed E-state index contributed by atoms with van der Waals surface area (Å²) in [6.45, 7) is 1.09. The number of rotatable bonds is 11. The number of nitrogens with zero attached hydrogens (tertiary/aromatic N) is 1. The molecule has 3 unspecified atom stereocenters. The van der Waals surface area contributed by atoms with E-state index in [0.29, 0.717) is 11.7 Å². The van der Waals surface area contributed by atoms with Crippen LogP contribution in [0.3, 0.4) is 0 Å². The summed E-state index contributed by atoms with van der Waals surface area (Å²) >= 11 is 1.83. The van der Waals surface area contributed by atoms with E-state index < -0.39 is 18.3 Å². The molecule has 0 radical (unpaired) electrons. The number of unbranched alkanes of at least 4 members (excludes halogenated alkanes) is 1. The van der Waals surface area contributed by atoms with Gasteiger partial charge in [0.1, 0.15) is 18.3 Å². The summed E-state index contributed by atoms with van der Waals surface area (Å²) in [5, 5.41) is 39.1. The highest BCUT2D eigenvalue weighted by atomic mass is 32.2. The van der Waals surface area contributed by atoms with Crippen LogP contribution in [0.15, 0.2) is 6.20 Å². The maximum Gasteiger partial charge on any atom is 0.315 e. The maximum atomic E-state index is 12.0. The third-order valence-electron chi connectivity index (χ3n) is 5.55. The van der Waals surface area contributed by atoms with E-state index in [1.807, 2.05) is 11.8 Å². The minimum Gasteiger partial charge on any atom is -0.388 e. The van der Waals surface area contributed by atoms with Gasteiger partial charge in [0.25, 0.3) is 0 Å². The number of nitrogens with one attached hydrogen (secondary N) is 4. The number of hydrogen-bond acceptors (Lipinski definition) is 8. The molecule has 0 aromatic carbocycles. The Morgan fingerprint density at radius 3 is 2.77 bits per heavy atom. The van der Waals surface area contributed by atoms with Gasteiger partial charge in [0.05, 0.1) is 24.0 Å². The van der Waals surface area contributed by atoms with Crippen molar-refractivity contribution in [3.63, 3.8) is 0 Å². The Morgan fingerprint density at radius 1 is 1.29 bits per heavy atom. The fourth-order valence-electron chi connectivity index (χ4n) is 3.76. The van der Waals surface area contributed by atoms with Crippen LogP contribution in [-0.4, -0.2) is 84.8 Å². The van der Waals surface area contributed by atoms with Crippen LogP contribution in [0, 0.1) is 0 Å². The lowest BCUT2D eigenvalue weighted by Crippen LogP contribution is -2.41. The molecular weight excluding hydrogens is 426 g/mol. The van der Waals surface area contributed by atoms with Gasteiger partial charge in [-0.1, -0.05) is 6.42 Å². The van der Waals surface area contributed by atoms with Crippen LogP contribution in [0.1, 0.15) is 55.0 Å². The fourth-order valence-corrected chi connectivity index (χ4v) is 5.30. The molecule has 0 spiro atoms. The zero-order chi connectivity index (χ0) is 22.5. The molecule has 6 atom stereocenters. The molecule has 2 saturated heterocycles. The molecular formula is C19H29N5O6S. The summed E-state index contributed by atoms with van der Waals surface area (Å²) < 4.78 is 0. The Balaban J connectivity index is 1.32. The van der Waals surface area contributed by atoms with E-state index in [0.717, 1.165) is 18.6 Å². The Kier molecular flexibility index (Phi) is 7.92. The number of amides is 3. The highest BCUT2D eigenvalue weighted by Gasteiger charge is 2.42. The molecule has 31 heavy (non-hydrogen) atoms. The normalized spacial score (nSPS) is 25.3. The second-order valence-electron chi connectivity index (χ2n) is 7.92. The molecule has 0 saturated carbocycles. The summed E-state index contributed by atoms with van der Waals surface area (Å²) in [7, 11) is 0. The number of carbonyl (C=O) groups is 3. The molecule has 2 fully saturated rings. The van der Waals surface area contributed by atoms with Gasteiger partial charge in [-0.05, 0) is 12.8 Å². The summed E-state index contributed by atoms with van der Waals surface area (Å²) in [6, 6.07) is 0.220. The summed E-state index contributed by atoms with van der Waals surface area (Å²) in [6.07, 6.45) is -0.530. The molecule has 1 aromatic rings. The van der Waals surface area contributed by atoms with Gasteiger partial charge < -0.3 is 36.3 Å². The average Bonchev–Trinajstić information content (AvgIpc) is 3.44. The number of imidazole rings is 1. The monoisotopic (exact) mass is 455 g/mol. The number of ketones is 1. The van der Waals surface area contributed by atoms with Crippen molar-refractivity contribution in [3.05, 3.63) is 17.7 Å². The van der Waals surface area contributed by atoms with Crippen molar-refractivity contribution in [2.75, 3.05) is 12.3 Å². The Hall–Kier alpha value is -2.15. The second kappa shape index (κ2) is 10.4. The highest BCUT2D eigenvalue weighted by molar-refractivity contribution is 8.00. The summed E-state index contributed by atoms with van der Waals surface area (Å²) in [4.78, 5) is 41.0. The molecule has 12 heteroatoms. The average molecular weight is 456 g/mol. The number of thioether (sulfide) groups is 1. The lowest BCUT2D eigenvalue weighted by molar-refractivity contribution is -0.122. The van der Waals surface area contributed by atoms with Gasteiger partial charge in [-0.3, -0.25) is 9.59 Å². The molecule has 2 aliphatic rings. The first-order valence-electron chi connectivity index (χ1n) is 10.3. The van der Waals surface area contributed by atoms with Gasteiger partial charge in [-0.15, -0.1) is 0 Å². The van der Waals surface area contributed by atoms with Crippen molar-refractivity contribution < 1.29 is 29.7 Å². The van der Waals surface area contributed by atoms with Crippen LogP contribution >= 0.6 is 11.8 Å². The van der Waals surface area contributed by atoms with E-state index in [2.05, 4.69) is 25.9 Å². The van der Waals surface area contributed by atoms with Crippen molar-refractivity contribution in [3.8, 4) is 0 Å². The molecule has 11 nitrogen and oxygen atoms in total. The first-order chi connectivity index (χ1) is 14.8. The largest absolute Gasteiger partial charge is 0.388 e. The van der Waals surface area contributed by atoms with Gasteiger partial charge >= 0.3 is 6.03 Å². The number of aliphatic hydroxyl groups excluding tert-OH is 3. The molecule has 3 rings (SSSR count). The van der Waals surface area contributed by atoms with Crippen LogP contribution in [0.25, 0.3) is 0 Å². The molecule has 7 N–H and O–H groups in total. The van der Waals surface area contributed by atoms with Crippen molar-refractivity contribution in [2.45, 2.75) is 68.3 Å². The predicted molar refractivity (Wildman–Crippen MR) is 113 cm³/mol. The minimum absolute atomic E-state index is 0.0436. The molecule has 1 aromatic heterocycles. The van der Waals surface area contributed by atoms with Crippen LogP contribution in [0.5, 0.6) is 0 Å². The van der Waals surface area contributed by atoms with Crippen molar-refractivity contribution in [1.82, 2.24) is 25.9 Å². The molecule has 0 aliphatic carbocycles. The van der Waals surface area contributed by atoms with E-state index in [-0.39, 0.29) is 54.3 Å². The predicted octanol–water partition coefficient (Wildman–Crippen LogP) is -0.790. The SMILES string of the molecule is CC(=O)c1ncc([C@@H](O)[C@H](O)[C@H](O)CNC(=O)CCCCC2SCC3NC(=O)NC32)[nH]1. The van der Waals surface area contributed by atoms with E-state index in [9.17, 15) is 29.7 Å². The smallest absolute Gasteiger partial charge is 0.315 e. The van der Waals surface area contributed by atoms with E-state index >= 15 is 0 Å². The van der Waals surface area contributed by atoms with Gasteiger partial charge in [0.2, 0.25) is 5.91 Å². The van der Waals surface area contributed by atoms with Crippen LogP contribution in [-0.2, 0) is 4.79 Å². The van der Waals surface area contributed by atoms with E-state index in [1.54, 1.807) is 0 Å². The Morgan fingerprint density at radius 2 is 2.06 bits per heavy atom. The van der Waals surface area contributed by atoms with Crippen LogP contribution in [0.4, 0.5) is 4.79 Å². The number of aromatic amines is 1. The third kappa shape index (κ3) is 5.97. The van der Waals surface area contributed by atoms with Crippen LogP contribution in [0.2, 0.25) is 0 Å². The van der Waals surface area contributed by atoms with E-state index in [4.69, 9.17) is 0 Å². The van der Waals surface area contributed by atoms with Crippen LogP contribution < -0.4 is 16.0 Å². The van der Waals surface area contributed by atoms with Crippen molar-refractivity contribution >= 4 is 29.5 Å². The molecule has 3 heterocycles. The number of urea groups is 1. The number of carbonyl (C=O) groups excluding carboxylic acids is 3. The number of hydrogen-bond donors (Lipinski definition) is 7. The van der Waals surface area contributed by atoms with Gasteiger partial charge in [0.15, 0.2) is 11.6 Å². The summed E-state index contributed by atoms with van der Waals surface area (Å²) in [5.74, 6) is 0.364. The fraction of sp³-hybridized carbons (Fsp3) is 0.684. The lowest BCUT2D eigenvalue weighted by Gasteiger charge is -2.22. The van der Waals surface area contributed by atoms with Gasteiger partial charge in [0, 0.05) is 30.9 Å². The number of aromatic nitrogens is 2. The van der Waals surface area contributed by atoms with Crippen molar-refractivity contribution in [2.24, 2.45) is 0 Å². The molecule has 2 aliphatic heterocycles. The minimum atomic E-state index is -1.57. The molecule has 0 bridgehead atoms. The number of fused-ring (bicyclic) bond motifs is 1.